The Balaban J connectivity index is 2.31. The number of fused-ring (bicyclic) bond motifs is 1. The molecule has 7 heteroatoms. The number of azide groups is 1. The first-order chi connectivity index (χ1) is 8.54. The van der Waals surface area contributed by atoms with E-state index in [1.807, 2.05) is 24.3 Å². The normalized spacial score (nSPS) is 18.3. The average molecular weight is 266 g/mol. The Kier molecular flexibility index (Phi) is 3.45. The van der Waals surface area contributed by atoms with Gasteiger partial charge in [-0.2, -0.15) is 0 Å². The highest BCUT2D eigenvalue weighted by Gasteiger charge is 2.34. The molecule has 2 rings (SSSR count). The van der Waals surface area contributed by atoms with Crippen LogP contribution in [0, 0.1) is 0 Å². The van der Waals surface area contributed by atoms with Crippen LogP contribution in [0.4, 0.5) is 5.69 Å². The lowest BCUT2D eigenvalue weighted by Gasteiger charge is -2.24. The third-order valence-corrected chi connectivity index (χ3v) is 4.21. The summed E-state index contributed by atoms with van der Waals surface area (Å²) in [6.07, 6.45) is 2.41. The second-order valence-corrected chi connectivity index (χ2v) is 6.15. The van der Waals surface area contributed by atoms with Gasteiger partial charge in [0, 0.05) is 17.5 Å². The van der Waals surface area contributed by atoms with Crippen molar-refractivity contribution in [2.75, 3.05) is 17.1 Å². The highest BCUT2D eigenvalue weighted by Crippen LogP contribution is 2.35. The number of hydrogen-bond acceptors (Lipinski definition) is 3. The molecule has 1 aromatic rings. The monoisotopic (exact) mass is 266 g/mol. The summed E-state index contributed by atoms with van der Waals surface area (Å²) in [5.41, 5.74) is 10.0. The van der Waals surface area contributed by atoms with E-state index >= 15 is 0 Å². The maximum atomic E-state index is 11.9. The summed E-state index contributed by atoms with van der Waals surface area (Å²) in [7, 11) is -3.30. The molecule has 1 aliphatic heterocycles. The predicted molar refractivity (Wildman–Crippen MR) is 69.9 cm³/mol. The molecule has 1 aliphatic rings. The highest BCUT2D eigenvalue weighted by molar-refractivity contribution is 7.92. The molecule has 0 amide bonds. The average Bonchev–Trinajstić information content (AvgIpc) is 2.67. The topological polar surface area (TPSA) is 86.1 Å². The molecule has 1 aromatic carbocycles. The van der Waals surface area contributed by atoms with Crippen molar-refractivity contribution in [3.63, 3.8) is 0 Å². The zero-order valence-corrected chi connectivity index (χ0v) is 10.8. The maximum absolute atomic E-state index is 11.9. The molecule has 1 atom stereocenters. The van der Waals surface area contributed by atoms with E-state index in [2.05, 4.69) is 10.0 Å². The molecule has 0 fully saturated rings. The molecule has 96 valence electrons. The van der Waals surface area contributed by atoms with Gasteiger partial charge in [-0.3, -0.25) is 4.31 Å². The molecule has 18 heavy (non-hydrogen) atoms. The number of nitrogens with zero attached hydrogens (tertiary/aromatic N) is 4. The Bertz CT molecular complexity index is 593. The van der Waals surface area contributed by atoms with E-state index in [1.165, 1.54) is 10.6 Å². The van der Waals surface area contributed by atoms with E-state index in [9.17, 15) is 8.42 Å². The van der Waals surface area contributed by atoms with Gasteiger partial charge in [-0.05, 0) is 30.0 Å². The number of anilines is 1. The van der Waals surface area contributed by atoms with Gasteiger partial charge in [0.25, 0.3) is 0 Å². The standard InChI is InChI=1S/C11H14N4O2S/c1-18(16,17)15-10(6-7-13-14-12)8-9-4-2-3-5-11(9)15/h2-5,10H,6-8H2,1H3. The molecule has 0 saturated carbocycles. The summed E-state index contributed by atoms with van der Waals surface area (Å²) in [5.74, 6) is 0. The molecule has 0 spiro atoms. The van der Waals surface area contributed by atoms with Crippen molar-refractivity contribution in [1.29, 1.82) is 0 Å². The summed E-state index contributed by atoms with van der Waals surface area (Å²) in [5, 5.41) is 3.47. The zero-order valence-electron chi connectivity index (χ0n) is 10.0. The maximum Gasteiger partial charge on any atom is 0.232 e. The third-order valence-electron chi connectivity index (χ3n) is 3.00. The van der Waals surface area contributed by atoms with E-state index < -0.39 is 10.0 Å². The lowest BCUT2D eigenvalue weighted by atomic mass is 10.1. The Labute approximate surface area is 106 Å². The molecule has 1 unspecified atom stereocenters. The first-order valence-electron chi connectivity index (χ1n) is 5.62. The molecule has 0 aromatic heterocycles. The molecule has 0 aliphatic carbocycles. The van der Waals surface area contributed by atoms with Crippen molar-refractivity contribution in [3.05, 3.63) is 40.3 Å². The quantitative estimate of drug-likeness (QED) is 0.474. The van der Waals surface area contributed by atoms with Crippen LogP contribution in [0.15, 0.2) is 29.4 Å². The van der Waals surface area contributed by atoms with Crippen LogP contribution in [0.2, 0.25) is 0 Å². The van der Waals surface area contributed by atoms with Crippen molar-refractivity contribution in [3.8, 4) is 0 Å². The van der Waals surface area contributed by atoms with Gasteiger partial charge < -0.3 is 0 Å². The fourth-order valence-corrected chi connectivity index (χ4v) is 3.61. The second-order valence-electron chi connectivity index (χ2n) is 4.29. The minimum absolute atomic E-state index is 0.150. The molecule has 0 N–H and O–H groups in total. The highest BCUT2D eigenvalue weighted by atomic mass is 32.2. The fourth-order valence-electron chi connectivity index (χ4n) is 2.35. The predicted octanol–water partition coefficient (Wildman–Crippen LogP) is 2.08. The third kappa shape index (κ3) is 2.42. The van der Waals surface area contributed by atoms with Crippen LogP contribution >= 0.6 is 0 Å². The van der Waals surface area contributed by atoms with Gasteiger partial charge in [0.2, 0.25) is 10.0 Å². The molecule has 0 bridgehead atoms. The van der Waals surface area contributed by atoms with Crippen LogP contribution in [0.25, 0.3) is 10.4 Å². The van der Waals surface area contributed by atoms with Gasteiger partial charge in [-0.1, -0.05) is 23.3 Å². The smallest absolute Gasteiger partial charge is 0.232 e. The lowest BCUT2D eigenvalue weighted by molar-refractivity contribution is 0.575. The van der Waals surface area contributed by atoms with E-state index in [0.29, 0.717) is 19.4 Å². The zero-order chi connectivity index (χ0) is 13.2. The van der Waals surface area contributed by atoms with Crippen molar-refractivity contribution in [2.45, 2.75) is 18.9 Å². The Morgan fingerprint density at radius 3 is 2.89 bits per heavy atom. The fraction of sp³-hybridized carbons (Fsp3) is 0.455. The van der Waals surface area contributed by atoms with E-state index in [4.69, 9.17) is 5.53 Å². The molecule has 0 radical (unpaired) electrons. The molecular formula is C11H14N4O2S. The first kappa shape index (κ1) is 12.7. The van der Waals surface area contributed by atoms with E-state index in [-0.39, 0.29) is 6.04 Å². The van der Waals surface area contributed by atoms with Gasteiger partial charge in [0.1, 0.15) is 0 Å². The summed E-state index contributed by atoms with van der Waals surface area (Å²) < 4.78 is 25.2. The second kappa shape index (κ2) is 4.88. The first-order valence-corrected chi connectivity index (χ1v) is 7.47. The number of sulfonamides is 1. The van der Waals surface area contributed by atoms with Crippen molar-refractivity contribution >= 4 is 15.7 Å². The van der Waals surface area contributed by atoms with Gasteiger partial charge >= 0.3 is 0 Å². The molecule has 1 heterocycles. The van der Waals surface area contributed by atoms with Gasteiger partial charge in [0.05, 0.1) is 11.9 Å². The minimum Gasteiger partial charge on any atom is -0.267 e. The molecular weight excluding hydrogens is 252 g/mol. The van der Waals surface area contributed by atoms with Crippen molar-refractivity contribution in [2.24, 2.45) is 5.11 Å². The van der Waals surface area contributed by atoms with Gasteiger partial charge in [-0.25, -0.2) is 8.42 Å². The van der Waals surface area contributed by atoms with E-state index in [1.54, 1.807) is 0 Å². The Morgan fingerprint density at radius 2 is 2.22 bits per heavy atom. The van der Waals surface area contributed by atoms with Crippen LogP contribution in [0.5, 0.6) is 0 Å². The Morgan fingerprint density at radius 1 is 1.50 bits per heavy atom. The number of para-hydroxylation sites is 1. The lowest BCUT2D eigenvalue weighted by Crippen LogP contribution is -2.37. The number of rotatable bonds is 4. The van der Waals surface area contributed by atoms with Crippen molar-refractivity contribution < 1.29 is 8.42 Å². The van der Waals surface area contributed by atoms with Gasteiger partial charge in [-0.15, -0.1) is 0 Å². The Hall–Kier alpha value is -1.72. The number of hydrogen-bond donors (Lipinski definition) is 0. The minimum atomic E-state index is -3.30. The summed E-state index contributed by atoms with van der Waals surface area (Å²) in [6.45, 7) is 0.307. The molecule has 0 saturated heterocycles. The van der Waals surface area contributed by atoms with E-state index in [0.717, 1.165) is 11.3 Å². The van der Waals surface area contributed by atoms with Crippen LogP contribution in [0.1, 0.15) is 12.0 Å². The van der Waals surface area contributed by atoms with Crippen LogP contribution in [-0.4, -0.2) is 27.3 Å². The van der Waals surface area contributed by atoms with Crippen LogP contribution in [-0.2, 0) is 16.4 Å². The number of benzene rings is 1. The SMILES string of the molecule is CS(=O)(=O)N1c2ccccc2CC1CCN=[N+]=[N-]. The summed E-state index contributed by atoms with van der Waals surface area (Å²) in [6, 6.07) is 7.32. The summed E-state index contributed by atoms with van der Waals surface area (Å²) in [4.78, 5) is 2.69. The van der Waals surface area contributed by atoms with Gasteiger partial charge in [0.15, 0.2) is 0 Å². The summed E-state index contributed by atoms with van der Waals surface area (Å²) >= 11 is 0. The van der Waals surface area contributed by atoms with Crippen LogP contribution < -0.4 is 4.31 Å². The largest absolute Gasteiger partial charge is 0.267 e. The van der Waals surface area contributed by atoms with Crippen molar-refractivity contribution in [1.82, 2.24) is 0 Å². The van der Waals surface area contributed by atoms with Crippen LogP contribution in [0.3, 0.4) is 0 Å². The molecule has 6 nitrogen and oxygen atoms in total.